The van der Waals surface area contributed by atoms with Crippen LogP contribution in [0.3, 0.4) is 0 Å². The number of amides is 1. The number of carbonyl (C=O) groups is 2. The number of hydrogen-bond donors (Lipinski definition) is 3. The van der Waals surface area contributed by atoms with Gasteiger partial charge in [-0.2, -0.15) is 0 Å². The Balaban J connectivity index is 3.49. The molecular weight excluding hydrogens is 839 g/mol. The van der Waals surface area contributed by atoms with Gasteiger partial charge >= 0.3 is 5.97 Å². The second kappa shape index (κ2) is 57.9. The van der Waals surface area contributed by atoms with Crippen molar-refractivity contribution in [1.29, 1.82) is 0 Å². The largest absolute Gasteiger partial charge is 0.466 e. The van der Waals surface area contributed by atoms with E-state index in [1.54, 1.807) is 0 Å². The van der Waals surface area contributed by atoms with Crippen molar-refractivity contribution in [3.63, 3.8) is 0 Å². The van der Waals surface area contributed by atoms with Crippen LogP contribution in [0.1, 0.15) is 335 Å². The molecule has 0 bridgehead atoms. The van der Waals surface area contributed by atoms with Crippen molar-refractivity contribution in [1.82, 2.24) is 5.32 Å². The highest BCUT2D eigenvalue weighted by Gasteiger charge is 2.20. The molecule has 6 heteroatoms. The number of esters is 1. The van der Waals surface area contributed by atoms with Crippen molar-refractivity contribution in [2.75, 3.05) is 13.2 Å². The Morgan fingerprint density at radius 1 is 0.397 bits per heavy atom. The molecule has 0 fully saturated rings. The third-order valence-corrected chi connectivity index (χ3v) is 14.2. The van der Waals surface area contributed by atoms with E-state index in [0.717, 1.165) is 83.5 Å². The molecule has 0 saturated carbocycles. The van der Waals surface area contributed by atoms with E-state index in [0.29, 0.717) is 25.9 Å². The lowest BCUT2D eigenvalue weighted by Crippen LogP contribution is -2.45. The molecule has 0 aliphatic heterocycles. The molecule has 402 valence electrons. The molecule has 0 aromatic carbocycles. The second-order valence-electron chi connectivity index (χ2n) is 21.0. The smallest absolute Gasteiger partial charge is 0.305 e. The highest BCUT2D eigenvalue weighted by molar-refractivity contribution is 5.76. The Morgan fingerprint density at radius 3 is 1.04 bits per heavy atom. The van der Waals surface area contributed by atoms with Crippen molar-refractivity contribution >= 4 is 11.9 Å². The van der Waals surface area contributed by atoms with Gasteiger partial charge in [-0.05, 0) is 77.0 Å². The van der Waals surface area contributed by atoms with Gasteiger partial charge < -0.3 is 20.3 Å². The number of aliphatic hydroxyl groups excluding tert-OH is 2. The van der Waals surface area contributed by atoms with Gasteiger partial charge in [0.1, 0.15) is 0 Å². The maximum Gasteiger partial charge on any atom is 0.305 e. The lowest BCUT2D eigenvalue weighted by Gasteiger charge is -2.22. The Morgan fingerprint density at radius 2 is 0.691 bits per heavy atom. The number of rotatable bonds is 57. The van der Waals surface area contributed by atoms with Crippen LogP contribution in [0, 0.1) is 0 Å². The van der Waals surface area contributed by atoms with Gasteiger partial charge in [0.15, 0.2) is 0 Å². The van der Waals surface area contributed by atoms with Crippen LogP contribution in [0.25, 0.3) is 0 Å². The van der Waals surface area contributed by atoms with Crippen LogP contribution in [0.15, 0.2) is 24.3 Å². The molecular formula is C62H119NO5. The average molecular weight is 959 g/mol. The first-order valence-electron chi connectivity index (χ1n) is 30.6. The van der Waals surface area contributed by atoms with Gasteiger partial charge in [-0.25, -0.2) is 0 Å². The second-order valence-corrected chi connectivity index (χ2v) is 21.0. The van der Waals surface area contributed by atoms with Gasteiger partial charge in [0.05, 0.1) is 25.4 Å². The predicted molar refractivity (Wildman–Crippen MR) is 296 cm³/mol. The molecule has 0 aliphatic rings. The summed E-state index contributed by atoms with van der Waals surface area (Å²) in [5.74, 6) is -0.0986. The Bertz CT molecular complexity index is 1060. The van der Waals surface area contributed by atoms with Crippen LogP contribution >= 0.6 is 0 Å². The third kappa shape index (κ3) is 53.7. The van der Waals surface area contributed by atoms with Gasteiger partial charge in [0, 0.05) is 12.8 Å². The zero-order valence-corrected chi connectivity index (χ0v) is 45.9. The Kier molecular flexibility index (Phi) is 56.5. The van der Waals surface area contributed by atoms with E-state index in [9.17, 15) is 19.8 Å². The van der Waals surface area contributed by atoms with E-state index in [-0.39, 0.29) is 18.5 Å². The number of allylic oxidation sites excluding steroid dienone is 4. The van der Waals surface area contributed by atoms with Gasteiger partial charge in [0.2, 0.25) is 5.91 Å². The quantitative estimate of drug-likeness (QED) is 0.0321. The molecule has 3 N–H and O–H groups in total. The van der Waals surface area contributed by atoms with E-state index in [1.807, 2.05) is 0 Å². The maximum absolute atomic E-state index is 12.5. The van der Waals surface area contributed by atoms with Crippen molar-refractivity contribution in [3.8, 4) is 0 Å². The van der Waals surface area contributed by atoms with E-state index in [4.69, 9.17) is 4.74 Å². The summed E-state index contributed by atoms with van der Waals surface area (Å²) in [6.07, 6.45) is 70.4. The van der Waals surface area contributed by atoms with E-state index in [1.165, 1.54) is 218 Å². The molecule has 0 radical (unpaired) electrons. The summed E-state index contributed by atoms with van der Waals surface area (Å²) in [6.45, 7) is 4.89. The third-order valence-electron chi connectivity index (χ3n) is 14.2. The summed E-state index contributed by atoms with van der Waals surface area (Å²) in [5, 5.41) is 23.4. The summed E-state index contributed by atoms with van der Waals surface area (Å²) >= 11 is 0. The summed E-state index contributed by atoms with van der Waals surface area (Å²) in [4.78, 5) is 24.6. The predicted octanol–water partition coefficient (Wildman–Crippen LogP) is 19.0. The molecule has 6 nitrogen and oxygen atoms in total. The highest BCUT2D eigenvalue weighted by atomic mass is 16.5. The van der Waals surface area contributed by atoms with Crippen LogP contribution in [0.4, 0.5) is 0 Å². The molecule has 0 heterocycles. The molecule has 0 saturated heterocycles. The lowest BCUT2D eigenvalue weighted by atomic mass is 10.0. The molecule has 1 amide bonds. The maximum atomic E-state index is 12.5. The van der Waals surface area contributed by atoms with Crippen molar-refractivity contribution in [2.24, 2.45) is 0 Å². The van der Waals surface area contributed by atoms with Gasteiger partial charge in [0.25, 0.3) is 0 Å². The minimum Gasteiger partial charge on any atom is -0.466 e. The Hall–Kier alpha value is -1.66. The van der Waals surface area contributed by atoms with Gasteiger partial charge in [-0.15, -0.1) is 0 Å². The fourth-order valence-electron chi connectivity index (χ4n) is 9.51. The number of aliphatic hydroxyl groups is 2. The molecule has 2 unspecified atom stereocenters. The molecule has 0 rings (SSSR count). The number of carbonyl (C=O) groups excluding carboxylic acids is 2. The fraction of sp³-hybridized carbons (Fsp3) is 0.903. The summed E-state index contributed by atoms with van der Waals surface area (Å²) < 4.78 is 5.45. The van der Waals surface area contributed by atoms with Gasteiger partial charge in [-0.1, -0.05) is 269 Å². The van der Waals surface area contributed by atoms with Gasteiger partial charge in [-0.3, -0.25) is 9.59 Å². The summed E-state index contributed by atoms with van der Waals surface area (Å²) in [7, 11) is 0. The van der Waals surface area contributed by atoms with Crippen LogP contribution in [-0.4, -0.2) is 47.4 Å². The van der Waals surface area contributed by atoms with Crippen LogP contribution in [-0.2, 0) is 14.3 Å². The number of hydrogen-bond acceptors (Lipinski definition) is 5. The molecule has 0 aliphatic carbocycles. The molecule has 68 heavy (non-hydrogen) atoms. The average Bonchev–Trinajstić information content (AvgIpc) is 3.34. The van der Waals surface area contributed by atoms with Crippen molar-refractivity contribution in [2.45, 2.75) is 347 Å². The minimum absolute atomic E-state index is 0.0375. The monoisotopic (exact) mass is 958 g/mol. The first-order chi connectivity index (χ1) is 33.5. The standard InChI is InChI=1S/C62H119NO5/c1-3-5-7-9-11-13-15-17-19-21-22-23-24-25-26-27-28-29-31-34-38-42-46-50-54-60(65)59(58-64)63-61(66)55-51-47-43-39-35-33-37-41-45-49-53-57-68-62(67)56-52-48-44-40-36-32-30-20-18-16-14-12-10-8-6-4-2/h20,30,37,41,59-60,64-65H,3-19,21-29,31-36,38-40,42-58H2,1-2H3,(H,63,66)/b30-20-,41-37-. The van der Waals surface area contributed by atoms with Crippen molar-refractivity contribution < 1.29 is 24.5 Å². The van der Waals surface area contributed by atoms with Crippen LogP contribution in [0.5, 0.6) is 0 Å². The first kappa shape index (κ1) is 66.3. The number of ether oxygens (including phenoxy) is 1. The number of nitrogens with one attached hydrogen (secondary N) is 1. The summed E-state index contributed by atoms with van der Waals surface area (Å²) in [6, 6.07) is -0.564. The molecule has 0 aromatic rings. The Labute approximate surface area is 424 Å². The first-order valence-corrected chi connectivity index (χ1v) is 30.6. The fourth-order valence-corrected chi connectivity index (χ4v) is 9.51. The minimum atomic E-state index is -0.684. The van der Waals surface area contributed by atoms with E-state index >= 15 is 0 Å². The highest BCUT2D eigenvalue weighted by Crippen LogP contribution is 2.18. The number of unbranched alkanes of at least 4 members (excludes halogenated alkanes) is 42. The van der Waals surface area contributed by atoms with Crippen molar-refractivity contribution in [3.05, 3.63) is 24.3 Å². The zero-order valence-electron chi connectivity index (χ0n) is 45.9. The zero-order chi connectivity index (χ0) is 49.3. The normalized spacial score (nSPS) is 12.7. The van der Waals surface area contributed by atoms with Crippen LogP contribution < -0.4 is 5.32 Å². The lowest BCUT2D eigenvalue weighted by molar-refractivity contribution is -0.143. The SMILES string of the molecule is CCCCCCCCC/C=C\CCCCCCCC(=O)OCCCC/C=C\CCCCCCCC(=O)NC(CO)C(O)CCCCCCCCCCCCCCCCCCCCCCCCCC. The molecule has 0 aromatic heterocycles. The molecule has 0 spiro atoms. The topological polar surface area (TPSA) is 95.9 Å². The van der Waals surface area contributed by atoms with E-state index < -0.39 is 12.1 Å². The van der Waals surface area contributed by atoms with Crippen LogP contribution in [0.2, 0.25) is 0 Å². The van der Waals surface area contributed by atoms with E-state index in [2.05, 4.69) is 43.5 Å². The molecule has 2 atom stereocenters. The summed E-state index contributed by atoms with van der Waals surface area (Å²) in [5.41, 5.74) is 0.